The van der Waals surface area contributed by atoms with Crippen molar-refractivity contribution < 1.29 is 24.6 Å². The quantitative estimate of drug-likeness (QED) is 0.572. The molecular formula is C15H17N2O5S-. The van der Waals surface area contributed by atoms with E-state index in [4.69, 9.17) is 5.73 Å². The number of carbonyl (C=O) groups excluding carboxylic acids is 3. The molecule has 1 rings (SSSR count). The number of carboxylic acid groups (broad SMARTS) is 1. The molecule has 1 atom stereocenters. The number of primary amides is 1. The van der Waals surface area contributed by atoms with E-state index < -0.39 is 29.4 Å². The van der Waals surface area contributed by atoms with Gasteiger partial charge in [0.15, 0.2) is 0 Å². The van der Waals surface area contributed by atoms with Crippen molar-refractivity contribution in [1.29, 1.82) is 0 Å². The van der Waals surface area contributed by atoms with E-state index in [1.54, 1.807) is 6.07 Å². The molecule has 23 heavy (non-hydrogen) atoms. The van der Waals surface area contributed by atoms with Gasteiger partial charge in [-0.3, -0.25) is 9.59 Å². The van der Waals surface area contributed by atoms with Gasteiger partial charge < -0.3 is 26.1 Å². The Labute approximate surface area is 137 Å². The molecule has 124 valence electrons. The Hall–Kier alpha value is -2.37. The van der Waals surface area contributed by atoms with Gasteiger partial charge in [-0.25, -0.2) is 0 Å². The number of rotatable bonds is 6. The fraction of sp³-hybridized carbons (Fsp3) is 0.400. The molecule has 1 aromatic heterocycles. The standard InChI is InChI=1S/C15H18N2O5S/c1-15(2,22)8-7-9-3-5-11(23-9)13(19)17-10(14(20)21)4-6-12(16)18/h3,5,10,22H,4,6H2,1-2H3,(H2,16,18)(H,17,19)(H,20,21)/p-1/t10-/m0/s1. The fourth-order valence-corrected chi connectivity index (χ4v) is 2.27. The summed E-state index contributed by atoms with van der Waals surface area (Å²) in [4.78, 5) is 34.5. The molecule has 0 aliphatic rings. The molecular weight excluding hydrogens is 320 g/mol. The third-order valence-corrected chi connectivity index (χ3v) is 3.59. The molecule has 8 heteroatoms. The molecule has 0 aliphatic carbocycles. The zero-order valence-corrected chi connectivity index (χ0v) is 13.5. The van der Waals surface area contributed by atoms with Crippen molar-refractivity contribution in [2.75, 3.05) is 0 Å². The third-order valence-electron chi connectivity index (χ3n) is 2.59. The Kier molecular flexibility index (Phi) is 6.30. The van der Waals surface area contributed by atoms with Gasteiger partial charge >= 0.3 is 0 Å². The number of aliphatic carboxylic acids is 1. The van der Waals surface area contributed by atoms with Crippen molar-refractivity contribution in [1.82, 2.24) is 5.32 Å². The van der Waals surface area contributed by atoms with Crippen LogP contribution in [0.4, 0.5) is 0 Å². The summed E-state index contributed by atoms with van der Waals surface area (Å²) in [7, 11) is 0. The molecule has 1 aromatic rings. The molecule has 7 nitrogen and oxygen atoms in total. The van der Waals surface area contributed by atoms with Crippen LogP contribution < -0.4 is 16.2 Å². The Morgan fingerprint density at radius 1 is 1.43 bits per heavy atom. The van der Waals surface area contributed by atoms with Crippen LogP contribution in [0.2, 0.25) is 0 Å². The summed E-state index contributed by atoms with van der Waals surface area (Å²) in [6.07, 6.45) is -0.314. The minimum atomic E-state index is -1.49. The van der Waals surface area contributed by atoms with Crippen molar-refractivity contribution in [2.45, 2.75) is 38.3 Å². The summed E-state index contributed by atoms with van der Waals surface area (Å²) in [5, 5.41) is 22.8. The predicted octanol–water partition coefficient (Wildman–Crippen LogP) is -1.02. The zero-order chi connectivity index (χ0) is 17.6. The molecule has 0 saturated heterocycles. The second-order valence-electron chi connectivity index (χ2n) is 5.32. The summed E-state index contributed by atoms with van der Waals surface area (Å²) >= 11 is 1.06. The first-order valence-electron chi connectivity index (χ1n) is 6.74. The van der Waals surface area contributed by atoms with Crippen LogP contribution in [0.3, 0.4) is 0 Å². The van der Waals surface area contributed by atoms with E-state index >= 15 is 0 Å². The van der Waals surface area contributed by atoms with Crippen LogP contribution in [0, 0.1) is 11.8 Å². The van der Waals surface area contributed by atoms with Crippen LogP contribution in [-0.4, -0.2) is 34.5 Å². The lowest BCUT2D eigenvalue weighted by atomic mass is 10.1. The van der Waals surface area contributed by atoms with Crippen LogP contribution in [0.15, 0.2) is 12.1 Å². The summed E-state index contributed by atoms with van der Waals surface area (Å²) in [6.45, 7) is 3.06. The maximum absolute atomic E-state index is 12.0. The maximum Gasteiger partial charge on any atom is 0.261 e. The van der Waals surface area contributed by atoms with Gasteiger partial charge in [0.25, 0.3) is 5.91 Å². The molecule has 0 radical (unpaired) electrons. The van der Waals surface area contributed by atoms with Crippen LogP contribution in [0.25, 0.3) is 0 Å². The van der Waals surface area contributed by atoms with Gasteiger partial charge in [-0.05, 0) is 32.4 Å². The summed E-state index contributed by atoms with van der Waals surface area (Å²) in [6, 6.07) is 1.79. The first kappa shape index (κ1) is 18.7. The number of amides is 2. The van der Waals surface area contributed by atoms with Gasteiger partial charge in [0, 0.05) is 6.42 Å². The summed E-state index contributed by atoms with van der Waals surface area (Å²) in [5.74, 6) is 2.58. The van der Waals surface area contributed by atoms with Gasteiger partial charge in [0.1, 0.15) is 5.60 Å². The normalized spacial score (nSPS) is 12.0. The first-order valence-corrected chi connectivity index (χ1v) is 7.55. The monoisotopic (exact) mass is 337 g/mol. The van der Waals surface area contributed by atoms with Crippen LogP contribution in [-0.2, 0) is 9.59 Å². The Morgan fingerprint density at radius 3 is 2.61 bits per heavy atom. The Bertz CT molecular complexity index is 663. The van der Waals surface area contributed by atoms with E-state index in [1.165, 1.54) is 19.9 Å². The number of carbonyl (C=O) groups is 3. The minimum Gasteiger partial charge on any atom is -0.548 e. The SMILES string of the molecule is CC(C)(O)C#Cc1ccc(C(=O)N[C@@H](CCC(N)=O)C(=O)[O-])s1. The number of carboxylic acids is 1. The molecule has 0 spiro atoms. The molecule has 0 fully saturated rings. The third kappa shape index (κ3) is 6.95. The minimum absolute atomic E-state index is 0.139. The van der Waals surface area contributed by atoms with E-state index in [0.717, 1.165) is 11.3 Å². The second kappa shape index (κ2) is 7.76. The van der Waals surface area contributed by atoms with Gasteiger partial charge in [-0.1, -0.05) is 11.8 Å². The van der Waals surface area contributed by atoms with E-state index in [0.29, 0.717) is 4.88 Å². The molecule has 1 heterocycles. The lowest BCUT2D eigenvalue weighted by molar-refractivity contribution is -0.308. The maximum atomic E-state index is 12.0. The number of nitrogens with one attached hydrogen (secondary N) is 1. The largest absolute Gasteiger partial charge is 0.548 e. The van der Waals surface area contributed by atoms with E-state index in [2.05, 4.69) is 17.2 Å². The average Bonchev–Trinajstić information content (AvgIpc) is 2.88. The van der Waals surface area contributed by atoms with Crippen molar-refractivity contribution in [3.05, 3.63) is 21.9 Å². The zero-order valence-electron chi connectivity index (χ0n) is 12.7. The average molecular weight is 337 g/mol. The molecule has 0 aromatic carbocycles. The highest BCUT2D eigenvalue weighted by Crippen LogP contribution is 2.16. The molecule has 2 amide bonds. The van der Waals surface area contributed by atoms with Crippen molar-refractivity contribution in [3.63, 3.8) is 0 Å². The Balaban J connectivity index is 2.76. The smallest absolute Gasteiger partial charge is 0.261 e. The van der Waals surface area contributed by atoms with E-state index in [9.17, 15) is 24.6 Å². The number of hydrogen-bond donors (Lipinski definition) is 3. The van der Waals surface area contributed by atoms with Crippen LogP contribution in [0.1, 0.15) is 41.2 Å². The van der Waals surface area contributed by atoms with E-state index in [-0.39, 0.29) is 17.7 Å². The summed E-state index contributed by atoms with van der Waals surface area (Å²) in [5.41, 5.74) is 3.80. The molecule has 0 bridgehead atoms. The molecule has 0 saturated carbocycles. The highest BCUT2D eigenvalue weighted by atomic mass is 32.1. The van der Waals surface area contributed by atoms with Crippen molar-refractivity contribution in [2.24, 2.45) is 5.73 Å². The van der Waals surface area contributed by atoms with Gasteiger partial charge in [-0.2, -0.15) is 0 Å². The fourth-order valence-electron chi connectivity index (χ4n) is 1.51. The number of aliphatic hydroxyl groups is 1. The van der Waals surface area contributed by atoms with Crippen molar-refractivity contribution in [3.8, 4) is 11.8 Å². The lowest BCUT2D eigenvalue weighted by Gasteiger charge is -2.18. The topological polar surface area (TPSA) is 133 Å². The molecule has 0 unspecified atom stereocenters. The second-order valence-corrected chi connectivity index (χ2v) is 6.41. The van der Waals surface area contributed by atoms with Crippen LogP contribution >= 0.6 is 11.3 Å². The summed E-state index contributed by atoms with van der Waals surface area (Å²) < 4.78 is 0. The number of nitrogens with two attached hydrogens (primary N) is 1. The Morgan fingerprint density at radius 2 is 2.09 bits per heavy atom. The number of hydrogen-bond acceptors (Lipinski definition) is 6. The predicted molar refractivity (Wildman–Crippen MR) is 82.2 cm³/mol. The van der Waals surface area contributed by atoms with Gasteiger partial charge in [0.05, 0.1) is 21.8 Å². The highest BCUT2D eigenvalue weighted by Gasteiger charge is 2.17. The highest BCUT2D eigenvalue weighted by molar-refractivity contribution is 7.14. The lowest BCUT2D eigenvalue weighted by Crippen LogP contribution is -2.48. The van der Waals surface area contributed by atoms with Gasteiger partial charge in [0.2, 0.25) is 5.91 Å². The van der Waals surface area contributed by atoms with E-state index in [1.807, 2.05) is 0 Å². The number of thiophene rings is 1. The van der Waals surface area contributed by atoms with Gasteiger partial charge in [-0.15, -0.1) is 11.3 Å². The molecule has 0 aliphatic heterocycles. The van der Waals surface area contributed by atoms with Crippen LogP contribution in [0.5, 0.6) is 0 Å². The molecule has 4 N–H and O–H groups in total. The van der Waals surface area contributed by atoms with Crippen molar-refractivity contribution >= 4 is 29.1 Å². The first-order chi connectivity index (χ1) is 10.6.